The summed E-state index contributed by atoms with van der Waals surface area (Å²) in [5, 5.41) is 3.03. The molecule has 0 fully saturated rings. The summed E-state index contributed by atoms with van der Waals surface area (Å²) >= 11 is 0. The molecule has 1 N–H and O–H groups in total. The molecule has 0 saturated carbocycles. The second-order valence-corrected chi connectivity index (χ2v) is 4.13. The molecular weight excluding hydrogens is 229 g/mol. The van der Waals surface area contributed by atoms with Crippen LogP contribution in [0.3, 0.4) is 0 Å². The first-order valence-corrected chi connectivity index (χ1v) is 5.78. The minimum absolute atomic E-state index is 0.179. The third-order valence-corrected chi connectivity index (χ3v) is 2.82. The Morgan fingerprint density at radius 1 is 1.28 bits per heavy atom. The molecule has 0 unspecified atom stereocenters. The Kier molecular flexibility index (Phi) is 3.77. The smallest absolute Gasteiger partial charge is 0.128 e. The Balaban J connectivity index is 2.16. The van der Waals surface area contributed by atoms with Crippen molar-refractivity contribution >= 4 is 11.4 Å². The van der Waals surface area contributed by atoms with Crippen LogP contribution in [0.2, 0.25) is 0 Å². The van der Waals surface area contributed by atoms with E-state index in [1.807, 2.05) is 31.1 Å². The number of anilines is 2. The molecule has 0 spiro atoms. The van der Waals surface area contributed by atoms with Crippen LogP contribution in [0, 0.1) is 5.82 Å². The van der Waals surface area contributed by atoms with Gasteiger partial charge in [0.2, 0.25) is 0 Å². The van der Waals surface area contributed by atoms with E-state index in [4.69, 9.17) is 0 Å². The van der Waals surface area contributed by atoms with Gasteiger partial charge in [0.05, 0.1) is 23.8 Å². The maximum absolute atomic E-state index is 13.6. The lowest BCUT2D eigenvalue weighted by molar-refractivity contribution is 0.608. The minimum atomic E-state index is -0.179. The Morgan fingerprint density at radius 3 is 2.78 bits per heavy atom. The average Bonchev–Trinajstić information content (AvgIpc) is 2.41. The van der Waals surface area contributed by atoms with Gasteiger partial charge in [0.1, 0.15) is 5.82 Å². The lowest BCUT2D eigenvalue weighted by Crippen LogP contribution is -2.17. The van der Waals surface area contributed by atoms with E-state index in [0.29, 0.717) is 12.1 Å². The standard InChI is InChI=1S/C14H16FN3/c1-16-12-7-13(9-17-8-12)18(2)10-11-5-3-4-6-14(11)15/h3-9,16H,10H2,1-2H3. The number of benzene rings is 1. The number of nitrogens with zero attached hydrogens (tertiary/aromatic N) is 2. The molecular formula is C14H16FN3. The zero-order valence-electron chi connectivity index (χ0n) is 10.5. The SMILES string of the molecule is CNc1cncc(N(C)Cc2ccccc2F)c1. The van der Waals surface area contributed by atoms with Crippen molar-refractivity contribution in [2.75, 3.05) is 24.3 Å². The highest BCUT2D eigenvalue weighted by Crippen LogP contribution is 2.19. The van der Waals surface area contributed by atoms with Crippen LogP contribution in [-0.2, 0) is 6.54 Å². The molecule has 94 valence electrons. The maximum atomic E-state index is 13.6. The summed E-state index contributed by atoms with van der Waals surface area (Å²) in [6, 6.07) is 8.79. The zero-order chi connectivity index (χ0) is 13.0. The predicted molar refractivity (Wildman–Crippen MR) is 72.3 cm³/mol. The fraction of sp³-hybridized carbons (Fsp3) is 0.214. The van der Waals surface area contributed by atoms with Crippen LogP contribution >= 0.6 is 0 Å². The van der Waals surface area contributed by atoms with Gasteiger partial charge in [-0.15, -0.1) is 0 Å². The van der Waals surface area contributed by atoms with E-state index in [9.17, 15) is 4.39 Å². The highest BCUT2D eigenvalue weighted by Gasteiger charge is 2.06. The summed E-state index contributed by atoms with van der Waals surface area (Å²) in [5.74, 6) is -0.179. The molecule has 2 aromatic rings. The van der Waals surface area contributed by atoms with Gasteiger partial charge >= 0.3 is 0 Å². The lowest BCUT2D eigenvalue weighted by atomic mass is 10.2. The van der Waals surface area contributed by atoms with Crippen molar-refractivity contribution in [2.24, 2.45) is 0 Å². The normalized spacial score (nSPS) is 10.2. The summed E-state index contributed by atoms with van der Waals surface area (Å²) in [6.07, 6.45) is 3.52. The quantitative estimate of drug-likeness (QED) is 0.897. The first-order valence-electron chi connectivity index (χ1n) is 5.78. The van der Waals surface area contributed by atoms with Gasteiger partial charge in [-0.05, 0) is 12.1 Å². The number of aromatic nitrogens is 1. The summed E-state index contributed by atoms with van der Waals surface area (Å²) in [4.78, 5) is 6.11. The topological polar surface area (TPSA) is 28.2 Å². The van der Waals surface area contributed by atoms with Crippen molar-refractivity contribution in [3.8, 4) is 0 Å². The van der Waals surface area contributed by atoms with Crippen LogP contribution in [0.4, 0.5) is 15.8 Å². The van der Waals surface area contributed by atoms with Gasteiger partial charge in [-0.3, -0.25) is 4.98 Å². The minimum Gasteiger partial charge on any atom is -0.387 e. The Labute approximate surface area is 106 Å². The predicted octanol–water partition coefficient (Wildman–Crippen LogP) is 2.90. The molecule has 2 rings (SSSR count). The van der Waals surface area contributed by atoms with Crippen molar-refractivity contribution in [3.05, 3.63) is 54.1 Å². The van der Waals surface area contributed by atoms with E-state index >= 15 is 0 Å². The second kappa shape index (κ2) is 5.49. The van der Waals surface area contributed by atoms with Crippen molar-refractivity contribution < 1.29 is 4.39 Å². The van der Waals surface area contributed by atoms with Crippen molar-refractivity contribution in [1.29, 1.82) is 0 Å². The summed E-state index contributed by atoms with van der Waals surface area (Å²) in [6.45, 7) is 0.515. The molecule has 0 bridgehead atoms. The number of nitrogens with one attached hydrogen (secondary N) is 1. The van der Waals surface area contributed by atoms with Crippen molar-refractivity contribution in [1.82, 2.24) is 4.98 Å². The van der Waals surface area contributed by atoms with Crippen LogP contribution in [0.5, 0.6) is 0 Å². The van der Waals surface area contributed by atoms with E-state index in [1.54, 1.807) is 24.5 Å². The third kappa shape index (κ3) is 2.77. The van der Waals surface area contributed by atoms with Crippen LogP contribution in [-0.4, -0.2) is 19.1 Å². The van der Waals surface area contributed by atoms with Crippen LogP contribution in [0.1, 0.15) is 5.56 Å². The first kappa shape index (κ1) is 12.4. The average molecular weight is 245 g/mol. The third-order valence-electron chi connectivity index (χ3n) is 2.82. The maximum Gasteiger partial charge on any atom is 0.128 e. The molecule has 3 nitrogen and oxygen atoms in total. The molecule has 1 aromatic carbocycles. The van der Waals surface area contributed by atoms with Crippen LogP contribution in [0.15, 0.2) is 42.7 Å². The number of hydrogen-bond acceptors (Lipinski definition) is 3. The molecule has 0 aliphatic rings. The van der Waals surface area contributed by atoms with Gasteiger partial charge in [-0.1, -0.05) is 18.2 Å². The molecule has 0 saturated heterocycles. The fourth-order valence-electron chi connectivity index (χ4n) is 1.75. The van der Waals surface area contributed by atoms with Gasteiger partial charge in [-0.2, -0.15) is 0 Å². The molecule has 18 heavy (non-hydrogen) atoms. The van der Waals surface area contributed by atoms with Gasteiger partial charge in [0.15, 0.2) is 0 Å². The fourth-order valence-corrected chi connectivity index (χ4v) is 1.75. The molecule has 0 radical (unpaired) electrons. The summed E-state index contributed by atoms with van der Waals surface area (Å²) in [7, 11) is 3.76. The van der Waals surface area contributed by atoms with Crippen molar-refractivity contribution in [2.45, 2.75) is 6.54 Å². The zero-order valence-corrected chi connectivity index (χ0v) is 10.5. The van der Waals surface area contributed by atoms with E-state index in [2.05, 4.69) is 10.3 Å². The molecule has 1 heterocycles. The second-order valence-electron chi connectivity index (χ2n) is 4.13. The van der Waals surface area contributed by atoms with Crippen molar-refractivity contribution in [3.63, 3.8) is 0 Å². The molecule has 0 aliphatic carbocycles. The monoisotopic (exact) mass is 245 g/mol. The van der Waals surface area contributed by atoms with Crippen LogP contribution < -0.4 is 10.2 Å². The Bertz CT molecular complexity index is 528. The molecule has 0 aliphatic heterocycles. The number of rotatable bonds is 4. The van der Waals surface area contributed by atoms with E-state index in [1.165, 1.54) is 6.07 Å². The van der Waals surface area contributed by atoms with Crippen LogP contribution in [0.25, 0.3) is 0 Å². The van der Waals surface area contributed by atoms with E-state index < -0.39 is 0 Å². The summed E-state index contributed by atoms with van der Waals surface area (Å²) in [5.41, 5.74) is 2.56. The van der Waals surface area contributed by atoms with Gasteiger partial charge < -0.3 is 10.2 Å². The largest absolute Gasteiger partial charge is 0.387 e. The molecule has 0 atom stereocenters. The Morgan fingerprint density at radius 2 is 2.06 bits per heavy atom. The van der Waals surface area contributed by atoms with Gasteiger partial charge in [-0.25, -0.2) is 4.39 Å². The number of hydrogen-bond donors (Lipinski definition) is 1. The first-order chi connectivity index (χ1) is 8.70. The van der Waals surface area contributed by atoms with E-state index in [-0.39, 0.29) is 5.82 Å². The lowest BCUT2D eigenvalue weighted by Gasteiger charge is -2.19. The molecule has 4 heteroatoms. The summed E-state index contributed by atoms with van der Waals surface area (Å²) < 4.78 is 13.6. The van der Waals surface area contributed by atoms with E-state index in [0.717, 1.165) is 11.4 Å². The highest BCUT2D eigenvalue weighted by molar-refractivity contribution is 5.55. The molecule has 0 amide bonds. The van der Waals surface area contributed by atoms with Gasteiger partial charge in [0, 0.05) is 26.2 Å². The molecule has 1 aromatic heterocycles. The Hall–Kier alpha value is -2.10. The number of pyridine rings is 1. The van der Waals surface area contributed by atoms with Gasteiger partial charge in [0.25, 0.3) is 0 Å². The highest BCUT2D eigenvalue weighted by atomic mass is 19.1. The number of halogens is 1.